The summed E-state index contributed by atoms with van der Waals surface area (Å²) in [6.07, 6.45) is 2.93. The highest BCUT2D eigenvalue weighted by atomic mass is 32.1. The van der Waals surface area contributed by atoms with Crippen LogP contribution in [0.15, 0.2) is 73.1 Å². The minimum absolute atomic E-state index is 0.603. The van der Waals surface area contributed by atoms with E-state index in [-0.39, 0.29) is 0 Å². The molecule has 5 nitrogen and oxygen atoms in total. The summed E-state index contributed by atoms with van der Waals surface area (Å²) in [7, 11) is 0. The Bertz CT molecular complexity index is 1280. The summed E-state index contributed by atoms with van der Waals surface area (Å²) in [4.78, 5) is 13.0. The molecule has 0 aliphatic rings. The minimum Gasteiger partial charge on any atom is -0.457 e. The molecule has 5 rings (SSSR count). The second kappa shape index (κ2) is 7.24. The average Bonchev–Trinajstić information content (AvgIpc) is 3.48. The van der Waals surface area contributed by atoms with E-state index in [1.54, 1.807) is 17.5 Å². The number of nitrogens with zero attached hydrogens (tertiary/aromatic N) is 1. The van der Waals surface area contributed by atoms with E-state index in [9.17, 15) is 5.11 Å². The third kappa shape index (κ3) is 3.55. The molecule has 0 bridgehead atoms. The number of aromatic amines is 2. The molecular weight excluding hydrogens is 382 g/mol. The largest absolute Gasteiger partial charge is 0.457 e. The average molecular weight is 401 g/mol. The van der Waals surface area contributed by atoms with Crippen molar-refractivity contribution in [3.05, 3.63) is 88.5 Å². The summed E-state index contributed by atoms with van der Waals surface area (Å²) in [5.41, 5.74) is 2.57. The lowest BCUT2D eigenvalue weighted by Crippen LogP contribution is -1.97. The van der Waals surface area contributed by atoms with Gasteiger partial charge in [-0.25, -0.2) is 4.98 Å². The van der Waals surface area contributed by atoms with E-state index in [2.05, 4.69) is 15.0 Å². The maximum atomic E-state index is 10.6. The van der Waals surface area contributed by atoms with E-state index in [0.717, 1.165) is 37.7 Å². The number of aliphatic hydroxyl groups is 1. The van der Waals surface area contributed by atoms with Crippen LogP contribution in [0.5, 0.6) is 11.5 Å². The van der Waals surface area contributed by atoms with Crippen LogP contribution in [0.2, 0.25) is 0 Å². The summed E-state index contributed by atoms with van der Waals surface area (Å²) in [6.45, 7) is 2.02. The van der Waals surface area contributed by atoms with Crippen molar-refractivity contribution in [2.75, 3.05) is 0 Å². The number of imidazole rings is 1. The van der Waals surface area contributed by atoms with Crippen LogP contribution in [0.3, 0.4) is 0 Å². The van der Waals surface area contributed by atoms with E-state index < -0.39 is 6.10 Å². The zero-order valence-electron chi connectivity index (χ0n) is 15.7. The van der Waals surface area contributed by atoms with Gasteiger partial charge in [0.15, 0.2) is 0 Å². The molecule has 0 amide bonds. The van der Waals surface area contributed by atoms with Crippen LogP contribution in [0, 0.1) is 6.92 Å². The highest BCUT2D eigenvalue weighted by Crippen LogP contribution is 2.31. The highest BCUT2D eigenvalue weighted by molar-refractivity contribution is 7.12. The Hall–Kier alpha value is -3.35. The maximum Gasteiger partial charge on any atom is 0.137 e. The van der Waals surface area contributed by atoms with Gasteiger partial charge >= 0.3 is 0 Å². The van der Waals surface area contributed by atoms with Crippen LogP contribution in [0.1, 0.15) is 21.6 Å². The first-order valence-corrected chi connectivity index (χ1v) is 10.1. The van der Waals surface area contributed by atoms with Gasteiger partial charge in [-0.05, 0) is 55.5 Å². The fourth-order valence-corrected chi connectivity index (χ4v) is 4.18. The summed E-state index contributed by atoms with van der Waals surface area (Å²) in [5, 5.41) is 11.7. The zero-order valence-corrected chi connectivity index (χ0v) is 16.5. The van der Waals surface area contributed by atoms with Crippen LogP contribution in [-0.2, 0) is 0 Å². The van der Waals surface area contributed by atoms with E-state index >= 15 is 0 Å². The van der Waals surface area contributed by atoms with Gasteiger partial charge in [0.1, 0.15) is 23.4 Å². The Morgan fingerprint density at radius 1 is 1.00 bits per heavy atom. The van der Waals surface area contributed by atoms with Crippen molar-refractivity contribution in [2.45, 2.75) is 13.0 Å². The molecule has 0 aliphatic carbocycles. The number of hydrogen-bond donors (Lipinski definition) is 3. The van der Waals surface area contributed by atoms with Gasteiger partial charge in [-0.1, -0.05) is 12.1 Å². The van der Waals surface area contributed by atoms with E-state index in [1.807, 2.05) is 73.8 Å². The molecule has 0 spiro atoms. The van der Waals surface area contributed by atoms with E-state index in [0.29, 0.717) is 11.5 Å². The van der Waals surface area contributed by atoms with Gasteiger partial charge in [-0.2, -0.15) is 0 Å². The summed E-state index contributed by atoms with van der Waals surface area (Å²) in [6, 6.07) is 19.6. The number of rotatable bonds is 5. The summed E-state index contributed by atoms with van der Waals surface area (Å²) in [5.74, 6) is 2.20. The van der Waals surface area contributed by atoms with Crippen LogP contribution in [0.25, 0.3) is 22.3 Å². The van der Waals surface area contributed by atoms with Gasteiger partial charge in [0.2, 0.25) is 0 Å². The lowest BCUT2D eigenvalue weighted by atomic mass is 10.2. The van der Waals surface area contributed by atoms with Crippen molar-refractivity contribution in [1.82, 2.24) is 15.0 Å². The van der Waals surface area contributed by atoms with Crippen LogP contribution < -0.4 is 4.74 Å². The molecule has 0 saturated carbocycles. The fourth-order valence-electron chi connectivity index (χ4n) is 3.31. The number of aliphatic hydroxyl groups excluding tert-OH is 1. The Labute approximate surface area is 171 Å². The lowest BCUT2D eigenvalue weighted by molar-refractivity contribution is 0.220. The van der Waals surface area contributed by atoms with Crippen LogP contribution in [-0.4, -0.2) is 20.1 Å². The van der Waals surface area contributed by atoms with Gasteiger partial charge in [-0.15, -0.1) is 11.3 Å². The number of H-pyrrole nitrogens is 2. The zero-order chi connectivity index (χ0) is 19.8. The second-order valence-corrected chi connectivity index (χ2v) is 8.20. The molecule has 3 heterocycles. The van der Waals surface area contributed by atoms with E-state index in [1.165, 1.54) is 0 Å². The Morgan fingerprint density at radius 2 is 1.90 bits per heavy atom. The minimum atomic E-state index is -0.730. The highest BCUT2D eigenvalue weighted by Gasteiger charge is 2.16. The Morgan fingerprint density at radius 3 is 2.76 bits per heavy atom. The maximum absolute atomic E-state index is 10.6. The van der Waals surface area contributed by atoms with Crippen molar-refractivity contribution >= 4 is 22.2 Å². The number of aromatic nitrogens is 3. The van der Waals surface area contributed by atoms with Crippen molar-refractivity contribution in [1.29, 1.82) is 0 Å². The third-order valence-electron chi connectivity index (χ3n) is 4.78. The molecule has 29 heavy (non-hydrogen) atoms. The number of ether oxygens (including phenoxy) is 1. The molecule has 1 unspecified atom stereocenters. The SMILES string of the molecule is Cc1ccc(C(O)c2c[nH]c(-c3cccc(Oc4ccc5[nH]ccc5c4)c3)n2)s1. The number of aryl methyl sites for hydroxylation is 1. The van der Waals surface area contributed by atoms with Gasteiger partial charge in [-0.3, -0.25) is 0 Å². The smallest absolute Gasteiger partial charge is 0.137 e. The molecule has 3 aromatic heterocycles. The summed E-state index contributed by atoms with van der Waals surface area (Å²) < 4.78 is 6.04. The molecule has 2 aromatic carbocycles. The predicted molar refractivity (Wildman–Crippen MR) is 116 cm³/mol. The molecule has 0 saturated heterocycles. The Kier molecular flexibility index (Phi) is 4.42. The quantitative estimate of drug-likeness (QED) is 0.348. The second-order valence-electron chi connectivity index (χ2n) is 6.88. The molecule has 144 valence electrons. The third-order valence-corrected chi connectivity index (χ3v) is 5.83. The van der Waals surface area contributed by atoms with Crippen molar-refractivity contribution in [2.24, 2.45) is 0 Å². The van der Waals surface area contributed by atoms with Crippen molar-refractivity contribution < 1.29 is 9.84 Å². The van der Waals surface area contributed by atoms with Crippen molar-refractivity contribution in [3.63, 3.8) is 0 Å². The van der Waals surface area contributed by atoms with Gasteiger partial charge in [0.05, 0.1) is 5.69 Å². The summed E-state index contributed by atoms with van der Waals surface area (Å²) >= 11 is 1.57. The Balaban J connectivity index is 1.39. The van der Waals surface area contributed by atoms with E-state index in [4.69, 9.17) is 4.74 Å². The number of thiophene rings is 1. The first-order valence-electron chi connectivity index (χ1n) is 9.31. The van der Waals surface area contributed by atoms with Crippen molar-refractivity contribution in [3.8, 4) is 22.9 Å². The molecule has 0 aliphatic heterocycles. The molecule has 0 radical (unpaired) electrons. The topological polar surface area (TPSA) is 73.9 Å². The molecule has 3 N–H and O–H groups in total. The standard InChI is InChI=1S/C23H19N3O2S/c1-14-5-8-21(29-14)22(27)20-13-25-23(26-20)16-3-2-4-17(12-16)28-18-6-7-19-15(11-18)9-10-24-19/h2-13,22,24,27H,1H3,(H,25,26). The molecule has 0 fully saturated rings. The monoisotopic (exact) mass is 401 g/mol. The van der Waals surface area contributed by atoms with Crippen LogP contribution >= 0.6 is 11.3 Å². The molecule has 1 atom stereocenters. The first-order chi connectivity index (χ1) is 14.2. The number of fused-ring (bicyclic) bond motifs is 1. The molecular formula is C23H19N3O2S. The van der Waals surface area contributed by atoms with Gasteiger partial charge in [0.25, 0.3) is 0 Å². The molecule has 5 aromatic rings. The van der Waals surface area contributed by atoms with Gasteiger partial charge < -0.3 is 19.8 Å². The normalized spacial score (nSPS) is 12.3. The van der Waals surface area contributed by atoms with Gasteiger partial charge in [0, 0.05) is 38.6 Å². The first kappa shape index (κ1) is 17.7. The van der Waals surface area contributed by atoms with Crippen LogP contribution in [0.4, 0.5) is 0 Å². The predicted octanol–water partition coefficient (Wildman–Crippen LogP) is 5.80. The number of benzene rings is 2. The lowest BCUT2D eigenvalue weighted by Gasteiger charge is -2.07. The number of hydrogen-bond acceptors (Lipinski definition) is 4. The molecule has 6 heteroatoms. The fraction of sp³-hybridized carbons (Fsp3) is 0.0870. The number of nitrogens with one attached hydrogen (secondary N) is 2.